The van der Waals surface area contributed by atoms with Gasteiger partial charge in [-0.2, -0.15) is 5.10 Å². The van der Waals surface area contributed by atoms with E-state index in [0.29, 0.717) is 18.0 Å². The Hall–Kier alpha value is -2.34. The molecular formula is C21H30N4O2. The summed E-state index contributed by atoms with van der Waals surface area (Å²) in [4.78, 5) is 15.2. The van der Waals surface area contributed by atoms with Crippen molar-refractivity contribution >= 4 is 5.91 Å². The first kappa shape index (κ1) is 19.4. The summed E-state index contributed by atoms with van der Waals surface area (Å²) >= 11 is 0. The highest BCUT2D eigenvalue weighted by molar-refractivity contribution is 5.95. The predicted molar refractivity (Wildman–Crippen MR) is 107 cm³/mol. The Kier molecular flexibility index (Phi) is 6.16. The zero-order valence-electron chi connectivity index (χ0n) is 16.6. The number of methoxy groups -OCH3 is 1. The molecule has 6 heteroatoms. The van der Waals surface area contributed by atoms with Gasteiger partial charge in [0, 0.05) is 12.1 Å². The van der Waals surface area contributed by atoms with E-state index in [2.05, 4.69) is 29.4 Å². The minimum atomic E-state index is -0.188. The summed E-state index contributed by atoms with van der Waals surface area (Å²) in [5.41, 5.74) is 1.23. The second-order valence-electron chi connectivity index (χ2n) is 7.54. The second kappa shape index (κ2) is 8.57. The van der Waals surface area contributed by atoms with Crippen LogP contribution in [0.25, 0.3) is 5.69 Å². The quantitative estimate of drug-likeness (QED) is 0.793. The first-order valence-electron chi connectivity index (χ1n) is 9.70. The van der Waals surface area contributed by atoms with Gasteiger partial charge < -0.3 is 15.0 Å². The van der Waals surface area contributed by atoms with Crippen LogP contribution in [0.15, 0.2) is 36.5 Å². The van der Waals surface area contributed by atoms with Gasteiger partial charge in [0.1, 0.15) is 0 Å². The molecule has 1 N–H and O–H groups in total. The van der Waals surface area contributed by atoms with Gasteiger partial charge in [0.05, 0.1) is 19.0 Å². The molecule has 1 aromatic carbocycles. The van der Waals surface area contributed by atoms with Crippen molar-refractivity contribution in [1.29, 1.82) is 0 Å². The SMILES string of the molecule is COc1cn(-c2ccccc2)nc1C(=O)NCC1(N(C)C)CCCCCC1. The van der Waals surface area contributed by atoms with Crippen molar-refractivity contribution in [3.05, 3.63) is 42.2 Å². The Morgan fingerprint density at radius 2 is 1.85 bits per heavy atom. The summed E-state index contributed by atoms with van der Waals surface area (Å²) in [6, 6.07) is 9.72. The highest BCUT2D eigenvalue weighted by Crippen LogP contribution is 2.30. The first-order valence-corrected chi connectivity index (χ1v) is 9.70. The van der Waals surface area contributed by atoms with Crippen LogP contribution < -0.4 is 10.1 Å². The summed E-state index contributed by atoms with van der Waals surface area (Å²) in [7, 11) is 5.79. The molecule has 3 rings (SSSR count). The Morgan fingerprint density at radius 3 is 2.44 bits per heavy atom. The summed E-state index contributed by atoms with van der Waals surface area (Å²) in [6.45, 7) is 0.625. The molecule has 6 nitrogen and oxygen atoms in total. The van der Waals surface area contributed by atoms with Gasteiger partial charge in [-0.3, -0.25) is 4.79 Å². The fourth-order valence-corrected chi connectivity index (χ4v) is 3.88. The number of ether oxygens (including phenoxy) is 1. The van der Waals surface area contributed by atoms with Crippen molar-refractivity contribution < 1.29 is 9.53 Å². The van der Waals surface area contributed by atoms with Crippen LogP contribution in [0.2, 0.25) is 0 Å². The van der Waals surface area contributed by atoms with E-state index in [4.69, 9.17) is 4.74 Å². The third-order valence-corrected chi connectivity index (χ3v) is 5.70. The van der Waals surface area contributed by atoms with Crippen LogP contribution in [0.4, 0.5) is 0 Å². The standard InChI is InChI=1S/C21H30N4O2/c1-24(2)21(13-9-4-5-10-14-21)16-22-20(26)19-18(27-3)15-25(23-19)17-11-7-6-8-12-17/h6-8,11-12,15H,4-5,9-10,13-14,16H2,1-3H3,(H,22,26). The minimum absolute atomic E-state index is 0.0153. The summed E-state index contributed by atoms with van der Waals surface area (Å²) < 4.78 is 7.08. The van der Waals surface area contributed by atoms with Gasteiger partial charge in [0.25, 0.3) is 5.91 Å². The molecule has 1 heterocycles. The molecule has 0 unspecified atom stereocenters. The molecule has 1 saturated carbocycles. The molecule has 1 aliphatic rings. The number of rotatable bonds is 6. The van der Waals surface area contributed by atoms with E-state index in [1.165, 1.54) is 25.7 Å². The summed E-state index contributed by atoms with van der Waals surface area (Å²) in [6.07, 6.45) is 8.93. The van der Waals surface area contributed by atoms with Gasteiger partial charge in [-0.15, -0.1) is 0 Å². The van der Waals surface area contributed by atoms with Crippen molar-refractivity contribution in [3.63, 3.8) is 0 Å². The molecule has 0 radical (unpaired) electrons. The molecule has 0 saturated heterocycles. The van der Waals surface area contributed by atoms with E-state index in [1.807, 2.05) is 30.3 Å². The van der Waals surface area contributed by atoms with E-state index in [0.717, 1.165) is 18.5 Å². The van der Waals surface area contributed by atoms with Crippen molar-refractivity contribution in [2.45, 2.75) is 44.1 Å². The summed E-state index contributed by atoms with van der Waals surface area (Å²) in [5.74, 6) is 0.295. The third kappa shape index (κ3) is 4.33. The number of likely N-dealkylation sites (N-methyl/N-ethyl adjacent to an activating group) is 1. The fourth-order valence-electron chi connectivity index (χ4n) is 3.88. The van der Waals surface area contributed by atoms with E-state index in [1.54, 1.807) is 18.0 Å². The van der Waals surface area contributed by atoms with Gasteiger partial charge in [-0.05, 0) is 39.1 Å². The van der Waals surface area contributed by atoms with Gasteiger partial charge in [0.15, 0.2) is 11.4 Å². The lowest BCUT2D eigenvalue weighted by Crippen LogP contribution is -2.52. The number of hydrogen-bond donors (Lipinski definition) is 1. The highest BCUT2D eigenvalue weighted by atomic mass is 16.5. The van der Waals surface area contributed by atoms with E-state index >= 15 is 0 Å². The molecule has 0 bridgehead atoms. The number of para-hydroxylation sites is 1. The Balaban J connectivity index is 1.76. The molecule has 0 spiro atoms. The van der Waals surface area contributed by atoms with Crippen molar-refractivity contribution in [3.8, 4) is 11.4 Å². The van der Waals surface area contributed by atoms with Gasteiger partial charge in [-0.25, -0.2) is 4.68 Å². The Labute approximate surface area is 161 Å². The van der Waals surface area contributed by atoms with Crippen molar-refractivity contribution in [2.24, 2.45) is 0 Å². The molecular weight excluding hydrogens is 340 g/mol. The largest absolute Gasteiger partial charge is 0.493 e. The van der Waals surface area contributed by atoms with Gasteiger partial charge in [-0.1, -0.05) is 43.9 Å². The number of carbonyl (C=O) groups is 1. The normalized spacial score (nSPS) is 16.7. The third-order valence-electron chi connectivity index (χ3n) is 5.70. The highest BCUT2D eigenvalue weighted by Gasteiger charge is 2.34. The van der Waals surface area contributed by atoms with Crippen molar-refractivity contribution in [1.82, 2.24) is 20.0 Å². The lowest BCUT2D eigenvalue weighted by atomic mass is 9.88. The molecule has 1 fully saturated rings. The van der Waals surface area contributed by atoms with Crippen LogP contribution >= 0.6 is 0 Å². The van der Waals surface area contributed by atoms with Crippen LogP contribution in [0.1, 0.15) is 49.0 Å². The number of carbonyl (C=O) groups excluding carboxylic acids is 1. The monoisotopic (exact) mass is 370 g/mol. The molecule has 27 heavy (non-hydrogen) atoms. The van der Waals surface area contributed by atoms with E-state index < -0.39 is 0 Å². The van der Waals surface area contributed by atoms with Crippen LogP contribution in [0.5, 0.6) is 5.75 Å². The van der Waals surface area contributed by atoms with Crippen molar-refractivity contribution in [2.75, 3.05) is 27.7 Å². The molecule has 1 aliphatic carbocycles. The lowest BCUT2D eigenvalue weighted by Gasteiger charge is -2.39. The maximum Gasteiger partial charge on any atom is 0.275 e. The average molecular weight is 370 g/mol. The average Bonchev–Trinajstić information content (AvgIpc) is 2.98. The lowest BCUT2D eigenvalue weighted by molar-refractivity contribution is 0.0861. The van der Waals surface area contributed by atoms with Gasteiger partial charge in [0.2, 0.25) is 0 Å². The number of nitrogens with zero attached hydrogens (tertiary/aromatic N) is 3. The molecule has 0 atom stereocenters. The van der Waals surface area contributed by atoms with Gasteiger partial charge >= 0.3 is 0 Å². The van der Waals surface area contributed by atoms with E-state index in [-0.39, 0.29) is 11.4 Å². The number of hydrogen-bond acceptors (Lipinski definition) is 4. The Morgan fingerprint density at radius 1 is 1.19 bits per heavy atom. The molecule has 146 valence electrons. The van der Waals surface area contributed by atoms with Crippen LogP contribution in [0, 0.1) is 0 Å². The molecule has 1 amide bonds. The first-order chi connectivity index (χ1) is 13.1. The van der Waals surface area contributed by atoms with E-state index in [9.17, 15) is 4.79 Å². The Bertz CT molecular complexity index is 747. The van der Waals surface area contributed by atoms with Crippen LogP contribution in [-0.2, 0) is 0 Å². The zero-order valence-corrected chi connectivity index (χ0v) is 16.6. The second-order valence-corrected chi connectivity index (χ2v) is 7.54. The maximum atomic E-state index is 12.9. The number of amides is 1. The number of benzene rings is 1. The summed E-state index contributed by atoms with van der Waals surface area (Å²) in [5, 5.41) is 7.59. The number of nitrogens with one attached hydrogen (secondary N) is 1. The zero-order chi connectivity index (χ0) is 19.3. The molecule has 2 aromatic rings. The smallest absolute Gasteiger partial charge is 0.275 e. The number of aromatic nitrogens is 2. The topological polar surface area (TPSA) is 59.4 Å². The molecule has 0 aliphatic heterocycles. The predicted octanol–water partition coefficient (Wildman–Crippen LogP) is 3.27. The molecule has 1 aromatic heterocycles. The van der Waals surface area contributed by atoms with Crippen LogP contribution in [0.3, 0.4) is 0 Å². The minimum Gasteiger partial charge on any atom is -0.493 e. The maximum absolute atomic E-state index is 12.9. The van der Waals surface area contributed by atoms with Crippen LogP contribution in [-0.4, -0.2) is 53.9 Å². The fraction of sp³-hybridized carbons (Fsp3) is 0.524.